The molecule has 0 saturated carbocycles. The van der Waals surface area contributed by atoms with Crippen molar-refractivity contribution in [2.75, 3.05) is 0 Å². The van der Waals surface area contributed by atoms with Crippen molar-refractivity contribution in [3.63, 3.8) is 0 Å². The van der Waals surface area contributed by atoms with E-state index < -0.39 is 0 Å². The van der Waals surface area contributed by atoms with Gasteiger partial charge in [0.1, 0.15) is 0 Å². The van der Waals surface area contributed by atoms with Crippen molar-refractivity contribution in [2.45, 2.75) is 20.8 Å². The summed E-state index contributed by atoms with van der Waals surface area (Å²) in [5.74, 6) is 0. The topological polar surface area (TPSA) is 0 Å². The van der Waals surface area contributed by atoms with Gasteiger partial charge in [-0.05, 0) is 34.8 Å². The molecule has 0 saturated heterocycles. The highest BCUT2D eigenvalue weighted by molar-refractivity contribution is 5.82. The van der Waals surface area contributed by atoms with E-state index in [1.165, 1.54) is 27.8 Å². The molecule has 0 atom stereocenters. The summed E-state index contributed by atoms with van der Waals surface area (Å²) in [6.45, 7) is 6.86. The van der Waals surface area contributed by atoms with E-state index in [4.69, 9.17) is 0 Å². The molecule has 18 heavy (non-hydrogen) atoms. The summed E-state index contributed by atoms with van der Waals surface area (Å²) >= 11 is 0. The Morgan fingerprint density at radius 2 is 1.67 bits per heavy atom. The van der Waals surface area contributed by atoms with Crippen LogP contribution in [0.25, 0.3) is 11.6 Å². The fourth-order valence-electron chi connectivity index (χ4n) is 2.98. The highest BCUT2D eigenvalue weighted by Crippen LogP contribution is 2.45. The third-order valence-electron chi connectivity index (χ3n) is 4.12. The second-order valence-electron chi connectivity index (χ2n) is 5.57. The van der Waals surface area contributed by atoms with E-state index in [9.17, 15) is 0 Å². The van der Waals surface area contributed by atoms with Gasteiger partial charge in [0.2, 0.25) is 0 Å². The van der Waals surface area contributed by atoms with Gasteiger partial charge in [-0.2, -0.15) is 0 Å². The number of rotatable bonds is 0. The molecule has 0 heteroatoms. The molecule has 0 aliphatic heterocycles. The Balaban J connectivity index is 2.42. The molecule has 0 aromatic heterocycles. The fourth-order valence-corrected chi connectivity index (χ4v) is 2.98. The van der Waals surface area contributed by atoms with Gasteiger partial charge in [0.15, 0.2) is 0 Å². The molecule has 1 aromatic carbocycles. The van der Waals surface area contributed by atoms with E-state index in [1.807, 2.05) is 0 Å². The molecule has 0 spiro atoms. The standard InChI is InChI=1S/C18H18/c1-13-16-10-6-4-8-14(16)12-15-9-5-7-11-17(13)18(15,2)3/h4-12H,1-3H3. The lowest BCUT2D eigenvalue weighted by Crippen LogP contribution is -2.15. The Bertz CT molecular complexity index is 619. The third kappa shape index (κ3) is 1.53. The van der Waals surface area contributed by atoms with Gasteiger partial charge in [-0.15, -0.1) is 0 Å². The molecule has 2 aliphatic rings. The fraction of sp³-hybridized carbons (Fsp3) is 0.222. The number of benzene rings is 1. The van der Waals surface area contributed by atoms with Gasteiger partial charge in [-0.25, -0.2) is 0 Å². The van der Waals surface area contributed by atoms with Crippen LogP contribution in [0, 0.1) is 5.41 Å². The van der Waals surface area contributed by atoms with Gasteiger partial charge in [0.05, 0.1) is 0 Å². The molecule has 0 nitrogen and oxygen atoms in total. The van der Waals surface area contributed by atoms with Crippen LogP contribution in [0.1, 0.15) is 31.9 Å². The summed E-state index contributed by atoms with van der Waals surface area (Å²) in [5, 5.41) is 0. The first kappa shape index (κ1) is 11.3. The first-order valence-corrected chi connectivity index (χ1v) is 6.48. The minimum Gasteiger partial charge on any atom is -0.0620 e. The van der Waals surface area contributed by atoms with Crippen LogP contribution in [-0.4, -0.2) is 0 Å². The summed E-state index contributed by atoms with van der Waals surface area (Å²) in [7, 11) is 0. The zero-order valence-electron chi connectivity index (χ0n) is 11.2. The lowest BCUT2D eigenvalue weighted by molar-refractivity contribution is 0.574. The second-order valence-corrected chi connectivity index (χ2v) is 5.57. The molecule has 1 aromatic rings. The highest BCUT2D eigenvalue weighted by Gasteiger charge is 2.30. The third-order valence-corrected chi connectivity index (χ3v) is 4.12. The van der Waals surface area contributed by atoms with E-state index in [-0.39, 0.29) is 5.41 Å². The largest absolute Gasteiger partial charge is 0.0620 e. The Hall–Kier alpha value is -1.82. The van der Waals surface area contributed by atoms with Crippen molar-refractivity contribution in [2.24, 2.45) is 5.41 Å². The van der Waals surface area contributed by atoms with Crippen molar-refractivity contribution < 1.29 is 0 Å². The van der Waals surface area contributed by atoms with Crippen LogP contribution < -0.4 is 0 Å². The van der Waals surface area contributed by atoms with Crippen LogP contribution in [0.4, 0.5) is 0 Å². The maximum Gasteiger partial charge on any atom is 0.0149 e. The summed E-state index contributed by atoms with van der Waals surface area (Å²) in [5.41, 5.74) is 6.95. The molecule has 0 radical (unpaired) electrons. The van der Waals surface area contributed by atoms with E-state index in [2.05, 4.69) is 75.4 Å². The number of allylic oxidation sites excluding steroid dienone is 7. The smallest absolute Gasteiger partial charge is 0.0149 e. The van der Waals surface area contributed by atoms with E-state index in [0.717, 1.165) is 0 Å². The molecule has 2 bridgehead atoms. The van der Waals surface area contributed by atoms with Gasteiger partial charge in [0, 0.05) is 5.41 Å². The van der Waals surface area contributed by atoms with Crippen LogP contribution in [0.3, 0.4) is 0 Å². The van der Waals surface area contributed by atoms with Crippen LogP contribution in [0.15, 0.2) is 59.7 Å². The van der Waals surface area contributed by atoms with E-state index >= 15 is 0 Å². The maximum absolute atomic E-state index is 2.33. The molecule has 0 amide bonds. The van der Waals surface area contributed by atoms with Gasteiger partial charge < -0.3 is 0 Å². The van der Waals surface area contributed by atoms with Gasteiger partial charge >= 0.3 is 0 Å². The summed E-state index contributed by atoms with van der Waals surface area (Å²) in [6, 6.07) is 8.66. The number of fused-ring (bicyclic) bond motifs is 3. The predicted molar refractivity (Wildman–Crippen MR) is 79.1 cm³/mol. The molecule has 0 N–H and O–H groups in total. The minimum absolute atomic E-state index is 0.0760. The highest BCUT2D eigenvalue weighted by atomic mass is 14.3. The molecule has 0 heterocycles. The van der Waals surface area contributed by atoms with Gasteiger partial charge in [0.25, 0.3) is 0 Å². The molecular weight excluding hydrogens is 216 g/mol. The number of hydrogen-bond donors (Lipinski definition) is 0. The van der Waals surface area contributed by atoms with Crippen LogP contribution in [0.5, 0.6) is 0 Å². The molecule has 2 aliphatic carbocycles. The Morgan fingerprint density at radius 1 is 0.944 bits per heavy atom. The predicted octanol–water partition coefficient (Wildman–Crippen LogP) is 5.01. The normalized spacial score (nSPS) is 20.1. The summed E-state index contributed by atoms with van der Waals surface area (Å²) in [6.07, 6.45) is 11.1. The van der Waals surface area contributed by atoms with Crippen molar-refractivity contribution in [1.29, 1.82) is 0 Å². The van der Waals surface area contributed by atoms with Crippen molar-refractivity contribution in [3.05, 3.63) is 70.8 Å². The Morgan fingerprint density at radius 3 is 2.50 bits per heavy atom. The van der Waals surface area contributed by atoms with Gasteiger partial charge in [-0.1, -0.05) is 68.5 Å². The van der Waals surface area contributed by atoms with Crippen LogP contribution in [0.2, 0.25) is 0 Å². The molecular formula is C18H18. The average molecular weight is 234 g/mol. The minimum atomic E-state index is 0.0760. The lowest BCUT2D eigenvalue weighted by Gasteiger charge is -2.27. The molecule has 0 unspecified atom stereocenters. The van der Waals surface area contributed by atoms with Gasteiger partial charge in [-0.3, -0.25) is 0 Å². The van der Waals surface area contributed by atoms with Crippen LogP contribution >= 0.6 is 0 Å². The summed E-state index contributed by atoms with van der Waals surface area (Å²) < 4.78 is 0. The molecule has 90 valence electrons. The van der Waals surface area contributed by atoms with Crippen molar-refractivity contribution in [1.82, 2.24) is 0 Å². The monoisotopic (exact) mass is 234 g/mol. The average Bonchev–Trinajstić information content (AvgIpc) is 2.54. The van der Waals surface area contributed by atoms with E-state index in [1.54, 1.807) is 0 Å². The second kappa shape index (κ2) is 3.84. The first-order chi connectivity index (χ1) is 8.60. The van der Waals surface area contributed by atoms with E-state index in [0.29, 0.717) is 0 Å². The number of hydrogen-bond acceptors (Lipinski definition) is 0. The molecule has 3 rings (SSSR count). The lowest BCUT2D eigenvalue weighted by atomic mass is 9.76. The zero-order chi connectivity index (χ0) is 12.8. The molecule has 0 fully saturated rings. The van der Waals surface area contributed by atoms with Crippen molar-refractivity contribution in [3.8, 4) is 0 Å². The SMILES string of the molecule is CC1=C2C=CC=CC(=Cc3ccccc31)C2(C)C. The first-order valence-electron chi connectivity index (χ1n) is 6.48. The quantitative estimate of drug-likeness (QED) is 0.592. The maximum atomic E-state index is 2.33. The summed E-state index contributed by atoms with van der Waals surface area (Å²) in [4.78, 5) is 0. The Kier molecular flexibility index (Phi) is 2.41. The van der Waals surface area contributed by atoms with Crippen LogP contribution in [-0.2, 0) is 0 Å². The van der Waals surface area contributed by atoms with Crippen molar-refractivity contribution >= 4 is 11.6 Å². The Labute approximate surface area is 109 Å². The zero-order valence-corrected chi connectivity index (χ0v) is 11.2.